The predicted octanol–water partition coefficient (Wildman–Crippen LogP) is 2.89. The maximum Gasteiger partial charge on any atom is 0.239 e. The fraction of sp³-hybridized carbons (Fsp3) is 0.118. The minimum Gasteiger partial charge on any atom is -0.375 e. The summed E-state index contributed by atoms with van der Waals surface area (Å²) >= 11 is 5.96. The molecular weight excluding hydrogens is 348 g/mol. The van der Waals surface area contributed by atoms with Gasteiger partial charge in [-0.15, -0.1) is 6.58 Å². The molecule has 0 aromatic heterocycles. The molecule has 0 aliphatic rings. The third-order valence-electron chi connectivity index (χ3n) is 3.17. The molecular formula is C17H17ClN2O3S. The van der Waals surface area contributed by atoms with Gasteiger partial charge in [-0.1, -0.05) is 35.9 Å². The first-order valence-electron chi connectivity index (χ1n) is 7.16. The van der Waals surface area contributed by atoms with E-state index < -0.39 is 9.84 Å². The molecule has 0 unspecified atom stereocenters. The molecule has 2 aromatic rings. The molecule has 0 atom stereocenters. The van der Waals surface area contributed by atoms with E-state index in [4.69, 9.17) is 11.6 Å². The van der Waals surface area contributed by atoms with Crippen LogP contribution >= 0.6 is 11.6 Å². The average molecular weight is 365 g/mol. The van der Waals surface area contributed by atoms with Gasteiger partial charge in [0.05, 0.1) is 22.0 Å². The van der Waals surface area contributed by atoms with Crippen molar-refractivity contribution in [2.45, 2.75) is 9.79 Å². The summed E-state index contributed by atoms with van der Waals surface area (Å²) in [4.78, 5) is 11.9. The van der Waals surface area contributed by atoms with Gasteiger partial charge < -0.3 is 10.6 Å². The Balaban J connectivity index is 2.31. The fourth-order valence-corrected chi connectivity index (χ4v) is 3.73. The van der Waals surface area contributed by atoms with Crippen LogP contribution in [0.25, 0.3) is 0 Å². The SMILES string of the molecule is C=CCNC(=O)CNc1ccc(Cl)cc1S(=O)(=O)c1ccccc1. The summed E-state index contributed by atoms with van der Waals surface area (Å²) < 4.78 is 25.6. The molecule has 0 aliphatic heterocycles. The van der Waals surface area contributed by atoms with Crippen molar-refractivity contribution in [2.75, 3.05) is 18.4 Å². The summed E-state index contributed by atoms with van der Waals surface area (Å²) in [6, 6.07) is 12.5. The quantitative estimate of drug-likeness (QED) is 0.741. The highest BCUT2D eigenvalue weighted by molar-refractivity contribution is 7.91. The van der Waals surface area contributed by atoms with Crippen molar-refractivity contribution >= 4 is 33.0 Å². The number of amides is 1. The van der Waals surface area contributed by atoms with E-state index in [9.17, 15) is 13.2 Å². The van der Waals surface area contributed by atoms with Gasteiger partial charge in [-0.25, -0.2) is 8.42 Å². The molecule has 0 bridgehead atoms. The minimum absolute atomic E-state index is 0.0257. The highest BCUT2D eigenvalue weighted by Gasteiger charge is 2.22. The summed E-state index contributed by atoms with van der Waals surface area (Å²) in [5, 5.41) is 5.75. The number of benzene rings is 2. The first kappa shape index (κ1) is 18.0. The summed E-state index contributed by atoms with van der Waals surface area (Å²) in [5.41, 5.74) is 0.317. The number of halogens is 1. The van der Waals surface area contributed by atoms with Crippen LogP contribution in [0, 0.1) is 0 Å². The molecule has 5 nitrogen and oxygen atoms in total. The first-order valence-corrected chi connectivity index (χ1v) is 9.02. The molecule has 2 aromatic carbocycles. The second-order valence-electron chi connectivity index (χ2n) is 4.90. The topological polar surface area (TPSA) is 75.3 Å². The molecule has 24 heavy (non-hydrogen) atoms. The lowest BCUT2D eigenvalue weighted by atomic mass is 10.3. The third-order valence-corrected chi connectivity index (χ3v) is 5.21. The normalized spacial score (nSPS) is 10.9. The molecule has 0 saturated carbocycles. The van der Waals surface area contributed by atoms with E-state index in [1.54, 1.807) is 36.4 Å². The van der Waals surface area contributed by atoms with E-state index in [-0.39, 0.29) is 22.2 Å². The van der Waals surface area contributed by atoms with Gasteiger partial charge in [0.25, 0.3) is 0 Å². The van der Waals surface area contributed by atoms with Gasteiger partial charge in [0.1, 0.15) is 0 Å². The Hall–Kier alpha value is -2.31. The Labute approximate surface area is 146 Å². The lowest BCUT2D eigenvalue weighted by Gasteiger charge is -2.13. The van der Waals surface area contributed by atoms with Crippen molar-refractivity contribution in [2.24, 2.45) is 0 Å². The van der Waals surface area contributed by atoms with Gasteiger partial charge >= 0.3 is 0 Å². The number of carbonyl (C=O) groups is 1. The number of hydrogen-bond acceptors (Lipinski definition) is 4. The van der Waals surface area contributed by atoms with E-state index in [0.717, 1.165) is 0 Å². The van der Waals surface area contributed by atoms with Crippen LogP contribution < -0.4 is 10.6 Å². The predicted molar refractivity (Wildman–Crippen MR) is 95.0 cm³/mol. The zero-order valence-corrected chi connectivity index (χ0v) is 14.4. The zero-order valence-electron chi connectivity index (χ0n) is 12.8. The van der Waals surface area contributed by atoms with E-state index >= 15 is 0 Å². The Morgan fingerprint density at radius 2 is 1.88 bits per heavy atom. The molecule has 7 heteroatoms. The Kier molecular flexibility index (Phi) is 6.00. The van der Waals surface area contributed by atoms with Crippen molar-refractivity contribution in [3.63, 3.8) is 0 Å². The number of carbonyl (C=O) groups excluding carboxylic acids is 1. The zero-order chi connectivity index (χ0) is 17.6. The van der Waals surface area contributed by atoms with Crippen LogP contribution in [0.5, 0.6) is 0 Å². The van der Waals surface area contributed by atoms with Gasteiger partial charge in [0, 0.05) is 11.6 Å². The fourth-order valence-electron chi connectivity index (χ4n) is 2.02. The van der Waals surface area contributed by atoms with Crippen LogP contribution in [0.3, 0.4) is 0 Å². The number of rotatable bonds is 7. The van der Waals surface area contributed by atoms with Gasteiger partial charge in [0.2, 0.25) is 15.7 Å². The Bertz CT molecular complexity index is 836. The average Bonchev–Trinajstić information content (AvgIpc) is 2.59. The molecule has 0 spiro atoms. The molecule has 1 amide bonds. The molecule has 0 radical (unpaired) electrons. The van der Waals surface area contributed by atoms with Crippen molar-refractivity contribution < 1.29 is 13.2 Å². The monoisotopic (exact) mass is 364 g/mol. The maximum atomic E-state index is 12.8. The Morgan fingerprint density at radius 1 is 1.17 bits per heavy atom. The molecule has 2 rings (SSSR count). The second kappa shape index (κ2) is 7.99. The largest absolute Gasteiger partial charge is 0.375 e. The summed E-state index contributed by atoms with van der Waals surface area (Å²) in [5.74, 6) is -0.270. The Morgan fingerprint density at radius 3 is 2.54 bits per heavy atom. The lowest BCUT2D eigenvalue weighted by Crippen LogP contribution is -2.30. The second-order valence-corrected chi connectivity index (χ2v) is 7.26. The summed E-state index contributed by atoms with van der Waals surface area (Å²) in [7, 11) is -3.75. The van der Waals surface area contributed by atoms with Crippen molar-refractivity contribution in [3.8, 4) is 0 Å². The molecule has 0 fully saturated rings. The van der Waals surface area contributed by atoms with E-state index in [2.05, 4.69) is 17.2 Å². The molecule has 126 valence electrons. The van der Waals surface area contributed by atoms with Crippen molar-refractivity contribution in [3.05, 3.63) is 66.2 Å². The van der Waals surface area contributed by atoms with Gasteiger partial charge in [-0.05, 0) is 30.3 Å². The number of sulfone groups is 1. The van der Waals surface area contributed by atoms with Crippen LogP contribution in [-0.4, -0.2) is 27.4 Å². The first-order chi connectivity index (χ1) is 11.4. The van der Waals surface area contributed by atoms with Gasteiger partial charge in [-0.2, -0.15) is 0 Å². The van der Waals surface area contributed by atoms with E-state index in [1.165, 1.54) is 18.2 Å². The van der Waals surface area contributed by atoms with E-state index in [1.807, 2.05) is 0 Å². The number of nitrogens with one attached hydrogen (secondary N) is 2. The highest BCUT2D eigenvalue weighted by Crippen LogP contribution is 2.30. The number of hydrogen-bond donors (Lipinski definition) is 2. The third kappa shape index (κ3) is 4.37. The molecule has 2 N–H and O–H groups in total. The summed E-state index contributed by atoms with van der Waals surface area (Å²) in [6.45, 7) is 3.79. The van der Waals surface area contributed by atoms with Crippen LogP contribution in [0.2, 0.25) is 5.02 Å². The van der Waals surface area contributed by atoms with Crippen LogP contribution in [0.15, 0.2) is 71.0 Å². The van der Waals surface area contributed by atoms with Crippen molar-refractivity contribution in [1.29, 1.82) is 0 Å². The van der Waals surface area contributed by atoms with Crippen molar-refractivity contribution in [1.82, 2.24) is 5.32 Å². The minimum atomic E-state index is -3.75. The maximum absolute atomic E-state index is 12.8. The lowest BCUT2D eigenvalue weighted by molar-refractivity contribution is -0.119. The summed E-state index contributed by atoms with van der Waals surface area (Å²) in [6.07, 6.45) is 1.56. The highest BCUT2D eigenvalue weighted by atomic mass is 35.5. The van der Waals surface area contributed by atoms with Gasteiger partial charge in [0.15, 0.2) is 0 Å². The standard InChI is InChI=1S/C17H17ClN2O3S/c1-2-10-19-17(21)12-20-15-9-8-13(18)11-16(15)24(22,23)14-6-4-3-5-7-14/h2-9,11,20H,1,10,12H2,(H,19,21). The number of anilines is 1. The van der Waals surface area contributed by atoms with Crippen LogP contribution in [0.4, 0.5) is 5.69 Å². The van der Waals surface area contributed by atoms with Gasteiger partial charge in [-0.3, -0.25) is 4.79 Å². The van der Waals surface area contributed by atoms with Crippen LogP contribution in [-0.2, 0) is 14.6 Å². The van der Waals surface area contributed by atoms with E-state index in [0.29, 0.717) is 17.3 Å². The molecule has 0 saturated heterocycles. The smallest absolute Gasteiger partial charge is 0.239 e. The molecule has 0 heterocycles. The molecule has 0 aliphatic carbocycles. The van der Waals surface area contributed by atoms with Crippen LogP contribution in [0.1, 0.15) is 0 Å².